The normalized spacial score (nSPS) is 14.7. The molecule has 26 heavy (non-hydrogen) atoms. The topological polar surface area (TPSA) is 48.4 Å². The van der Waals surface area contributed by atoms with Gasteiger partial charge in [-0.2, -0.15) is 0 Å². The molecule has 0 radical (unpaired) electrons. The molecule has 0 spiro atoms. The summed E-state index contributed by atoms with van der Waals surface area (Å²) in [5.41, 5.74) is 0.519. The number of esters is 1. The molecule has 7 heteroatoms. The molecule has 1 rings (SSSR count). The summed E-state index contributed by atoms with van der Waals surface area (Å²) in [4.78, 5) is 16.2. The third-order valence-corrected chi connectivity index (χ3v) is 11.4. The van der Waals surface area contributed by atoms with Gasteiger partial charge in [-0.1, -0.05) is 63.3 Å². The zero-order chi connectivity index (χ0) is 20.2. The molecule has 0 aliphatic carbocycles. The summed E-state index contributed by atoms with van der Waals surface area (Å²) in [7, 11) is -0.518. The number of carbonyl (C=O) groups is 1. The molecular weight excluding hydrogens is 477 g/mol. The van der Waals surface area contributed by atoms with E-state index in [0.29, 0.717) is 0 Å². The van der Waals surface area contributed by atoms with Gasteiger partial charge in [0.25, 0.3) is 0 Å². The smallest absolute Gasteiger partial charge is 0.311 e. The lowest BCUT2D eigenvalue weighted by atomic mass is 9.85. The second-order valence-corrected chi connectivity index (χ2v) is 14.9. The Hall–Kier alpha value is -0.253. The van der Waals surface area contributed by atoms with Crippen molar-refractivity contribution in [1.29, 1.82) is 0 Å². The molecule has 148 valence electrons. The van der Waals surface area contributed by atoms with E-state index in [-0.39, 0.29) is 28.9 Å². The molecular formula is C19H32INO3SSi. The third kappa shape index (κ3) is 6.14. The van der Waals surface area contributed by atoms with Crippen molar-refractivity contribution in [1.82, 2.24) is 4.98 Å². The summed E-state index contributed by atoms with van der Waals surface area (Å²) in [5.74, 6) is -0.262. The zero-order valence-corrected chi connectivity index (χ0v) is 21.2. The van der Waals surface area contributed by atoms with Gasteiger partial charge < -0.3 is 9.16 Å². The molecule has 0 N–H and O–H groups in total. The van der Waals surface area contributed by atoms with Crippen LogP contribution < -0.4 is 0 Å². The SMILES string of the molecule is COC(=O)Cc1csc(C(C)(C)C(C/C=C/I)O[Si](C)(C)C(C)(C)C)n1. The number of hydrogen-bond acceptors (Lipinski definition) is 5. The lowest BCUT2D eigenvalue weighted by Crippen LogP contribution is -2.49. The standard InChI is InChI=1S/C19H32INO3SSi/c1-18(2,3)26(7,8)24-15(10-9-11-20)19(4,5)17-21-14(13-25-17)12-16(22)23-6/h9,11,13,15H,10,12H2,1-8H3/b11-9+. The fourth-order valence-electron chi connectivity index (χ4n) is 2.24. The van der Waals surface area contributed by atoms with E-state index in [1.807, 2.05) is 9.46 Å². The Bertz CT molecular complexity index is 635. The third-order valence-electron chi connectivity index (χ3n) is 5.14. The average molecular weight is 510 g/mol. The van der Waals surface area contributed by atoms with Crippen LogP contribution in [0.2, 0.25) is 18.1 Å². The lowest BCUT2D eigenvalue weighted by molar-refractivity contribution is -0.139. The molecule has 1 heterocycles. The minimum atomic E-state index is -1.92. The maximum Gasteiger partial charge on any atom is 0.311 e. The summed E-state index contributed by atoms with van der Waals surface area (Å²) >= 11 is 3.84. The number of hydrogen-bond donors (Lipinski definition) is 0. The van der Waals surface area contributed by atoms with E-state index in [4.69, 9.17) is 14.1 Å². The Kier molecular flexibility index (Phi) is 8.50. The molecule has 1 aromatic rings. The second-order valence-electron chi connectivity index (χ2n) is 8.58. The molecule has 0 fully saturated rings. The number of methoxy groups -OCH3 is 1. The van der Waals surface area contributed by atoms with E-state index >= 15 is 0 Å². The van der Waals surface area contributed by atoms with Crippen LogP contribution in [0.1, 0.15) is 51.7 Å². The molecule has 0 aliphatic heterocycles. The number of thiazole rings is 1. The molecule has 0 amide bonds. The molecule has 1 aromatic heterocycles. The van der Waals surface area contributed by atoms with Gasteiger partial charge in [0.15, 0.2) is 8.32 Å². The van der Waals surface area contributed by atoms with E-state index < -0.39 is 8.32 Å². The van der Waals surface area contributed by atoms with Crippen molar-refractivity contribution < 1.29 is 14.0 Å². The number of carbonyl (C=O) groups excluding carboxylic acids is 1. The van der Waals surface area contributed by atoms with Gasteiger partial charge in [-0.25, -0.2) is 4.98 Å². The maximum absolute atomic E-state index is 11.5. The highest BCUT2D eigenvalue weighted by molar-refractivity contribution is 14.1. The Balaban J connectivity index is 3.13. The molecule has 0 aliphatic rings. The van der Waals surface area contributed by atoms with E-state index in [2.05, 4.69) is 76.4 Å². The van der Waals surface area contributed by atoms with Crippen LogP contribution >= 0.6 is 33.9 Å². The first-order valence-electron chi connectivity index (χ1n) is 8.80. The fourth-order valence-corrected chi connectivity index (χ4v) is 4.98. The monoisotopic (exact) mass is 509 g/mol. The first kappa shape index (κ1) is 23.8. The highest BCUT2D eigenvalue weighted by atomic mass is 127. The molecule has 4 nitrogen and oxygen atoms in total. The fraction of sp³-hybridized carbons (Fsp3) is 0.684. The van der Waals surface area contributed by atoms with Gasteiger partial charge in [-0.3, -0.25) is 4.79 Å². The highest BCUT2D eigenvalue weighted by Gasteiger charge is 2.43. The Labute approximate surface area is 177 Å². The number of halogens is 1. The summed E-state index contributed by atoms with van der Waals surface area (Å²) in [6, 6.07) is 0. The molecule has 1 atom stereocenters. The molecule has 1 unspecified atom stereocenters. The van der Waals surface area contributed by atoms with Crippen molar-refractivity contribution in [2.45, 2.75) is 77.1 Å². The zero-order valence-electron chi connectivity index (χ0n) is 17.2. The quantitative estimate of drug-likeness (QED) is 0.250. The van der Waals surface area contributed by atoms with Crippen LogP contribution in [-0.2, 0) is 25.8 Å². The molecule has 0 bridgehead atoms. The van der Waals surface area contributed by atoms with Crippen molar-refractivity contribution >= 4 is 48.2 Å². The van der Waals surface area contributed by atoms with Crippen LogP contribution in [0, 0.1) is 0 Å². The van der Waals surface area contributed by atoms with Gasteiger partial charge in [-0.15, -0.1) is 11.3 Å². The van der Waals surface area contributed by atoms with Crippen molar-refractivity contribution in [3.8, 4) is 0 Å². The summed E-state index contributed by atoms with van der Waals surface area (Å²) in [5, 5.41) is 3.10. The van der Waals surface area contributed by atoms with Crippen LogP contribution in [0.25, 0.3) is 0 Å². The molecule has 0 saturated heterocycles. The van der Waals surface area contributed by atoms with Gasteiger partial charge in [0.2, 0.25) is 0 Å². The predicted molar refractivity (Wildman–Crippen MR) is 121 cm³/mol. The van der Waals surface area contributed by atoms with Gasteiger partial charge in [0, 0.05) is 10.8 Å². The minimum Gasteiger partial charge on any atom is -0.469 e. The largest absolute Gasteiger partial charge is 0.469 e. The first-order valence-corrected chi connectivity index (χ1v) is 13.8. The van der Waals surface area contributed by atoms with Crippen molar-refractivity contribution in [3.05, 3.63) is 26.2 Å². The first-order chi connectivity index (χ1) is 11.8. The second kappa shape index (κ2) is 9.30. The number of ether oxygens (including phenoxy) is 1. The lowest BCUT2D eigenvalue weighted by Gasteiger charge is -2.43. The highest BCUT2D eigenvalue weighted by Crippen LogP contribution is 2.42. The van der Waals surface area contributed by atoms with E-state index in [1.54, 1.807) is 11.3 Å². The summed E-state index contributed by atoms with van der Waals surface area (Å²) in [6.45, 7) is 15.7. The van der Waals surface area contributed by atoms with Gasteiger partial charge in [-0.05, 0) is 28.6 Å². The predicted octanol–water partition coefficient (Wildman–Crippen LogP) is 5.87. The Morgan fingerprint density at radius 3 is 2.46 bits per heavy atom. The van der Waals surface area contributed by atoms with Crippen molar-refractivity contribution in [3.63, 3.8) is 0 Å². The van der Waals surface area contributed by atoms with Gasteiger partial charge >= 0.3 is 5.97 Å². The molecule has 0 saturated carbocycles. The van der Waals surface area contributed by atoms with Crippen LogP contribution in [0.15, 0.2) is 15.5 Å². The van der Waals surface area contributed by atoms with Crippen LogP contribution in [0.4, 0.5) is 0 Å². The maximum atomic E-state index is 11.5. The number of nitrogens with zero attached hydrogens (tertiary/aromatic N) is 1. The molecule has 0 aromatic carbocycles. The van der Waals surface area contributed by atoms with E-state index in [0.717, 1.165) is 17.1 Å². The van der Waals surface area contributed by atoms with Crippen LogP contribution in [-0.4, -0.2) is 32.5 Å². The van der Waals surface area contributed by atoms with E-state index in [1.165, 1.54) is 7.11 Å². The van der Waals surface area contributed by atoms with Crippen LogP contribution in [0.5, 0.6) is 0 Å². The number of aromatic nitrogens is 1. The number of rotatable bonds is 8. The Morgan fingerprint density at radius 2 is 1.96 bits per heavy atom. The van der Waals surface area contributed by atoms with Gasteiger partial charge in [0.1, 0.15) is 5.01 Å². The van der Waals surface area contributed by atoms with Gasteiger partial charge in [0.05, 0.1) is 25.3 Å². The van der Waals surface area contributed by atoms with Crippen LogP contribution in [0.3, 0.4) is 0 Å². The van der Waals surface area contributed by atoms with E-state index in [9.17, 15) is 4.79 Å². The summed E-state index contributed by atoms with van der Waals surface area (Å²) in [6.07, 6.45) is 3.24. The van der Waals surface area contributed by atoms with Crippen molar-refractivity contribution in [2.24, 2.45) is 0 Å². The average Bonchev–Trinajstić information content (AvgIpc) is 2.99. The minimum absolute atomic E-state index is 0.0338. The Morgan fingerprint density at radius 1 is 1.35 bits per heavy atom. The van der Waals surface area contributed by atoms with Crippen molar-refractivity contribution in [2.75, 3.05) is 7.11 Å². The summed E-state index contributed by atoms with van der Waals surface area (Å²) < 4.78 is 13.6.